The molecule has 0 unspecified atom stereocenters. The van der Waals surface area contributed by atoms with Gasteiger partial charge >= 0.3 is 0 Å². The van der Waals surface area contributed by atoms with Gasteiger partial charge in [0.2, 0.25) is 0 Å². The van der Waals surface area contributed by atoms with E-state index in [9.17, 15) is 0 Å². The van der Waals surface area contributed by atoms with E-state index in [1.54, 1.807) is 12.5 Å². The van der Waals surface area contributed by atoms with Crippen molar-refractivity contribution in [3.05, 3.63) is 53.4 Å². The number of anilines is 1. The van der Waals surface area contributed by atoms with E-state index in [1.807, 2.05) is 30.3 Å². The van der Waals surface area contributed by atoms with Crippen LogP contribution in [0.15, 0.2) is 47.3 Å². The molecular formula is C14H17ClN2O. The molecule has 0 bridgehead atoms. The standard InChI is InChI=1S/C14H17ClN2O/c1-17(10-12-5-8-18-11-12)7-6-16-14-4-2-3-13(15)9-14/h2-5,8-9,11,16H,6-7,10H2,1H3. The smallest absolute Gasteiger partial charge is 0.0947 e. The fourth-order valence-electron chi connectivity index (χ4n) is 1.76. The Morgan fingerprint density at radius 1 is 1.33 bits per heavy atom. The lowest BCUT2D eigenvalue weighted by atomic mass is 10.3. The maximum Gasteiger partial charge on any atom is 0.0947 e. The van der Waals surface area contributed by atoms with E-state index >= 15 is 0 Å². The summed E-state index contributed by atoms with van der Waals surface area (Å²) < 4.78 is 5.05. The van der Waals surface area contributed by atoms with Crippen molar-refractivity contribution in [1.82, 2.24) is 4.90 Å². The summed E-state index contributed by atoms with van der Waals surface area (Å²) in [5.74, 6) is 0. The van der Waals surface area contributed by atoms with E-state index in [0.717, 1.165) is 30.3 Å². The number of hydrogen-bond donors (Lipinski definition) is 1. The second-order valence-corrected chi connectivity index (χ2v) is 4.74. The zero-order valence-electron chi connectivity index (χ0n) is 10.4. The first-order chi connectivity index (χ1) is 8.74. The Labute approximate surface area is 112 Å². The quantitative estimate of drug-likeness (QED) is 0.866. The van der Waals surface area contributed by atoms with Crippen LogP contribution in [-0.4, -0.2) is 25.0 Å². The van der Waals surface area contributed by atoms with E-state index in [-0.39, 0.29) is 0 Å². The molecule has 0 atom stereocenters. The second-order valence-electron chi connectivity index (χ2n) is 4.31. The number of rotatable bonds is 6. The number of nitrogens with one attached hydrogen (secondary N) is 1. The Bertz CT molecular complexity index is 470. The molecule has 1 heterocycles. The average molecular weight is 265 g/mol. The lowest BCUT2D eigenvalue weighted by Gasteiger charge is -2.16. The topological polar surface area (TPSA) is 28.4 Å². The van der Waals surface area contributed by atoms with Gasteiger partial charge in [-0.3, -0.25) is 0 Å². The third-order valence-corrected chi connectivity index (χ3v) is 2.91. The third kappa shape index (κ3) is 4.09. The van der Waals surface area contributed by atoms with Gasteiger partial charge in [0, 0.05) is 35.9 Å². The van der Waals surface area contributed by atoms with Crippen LogP contribution < -0.4 is 5.32 Å². The van der Waals surface area contributed by atoms with Gasteiger partial charge in [-0.15, -0.1) is 0 Å². The normalized spacial score (nSPS) is 10.8. The molecule has 96 valence electrons. The predicted octanol–water partition coefficient (Wildman–Crippen LogP) is 3.48. The van der Waals surface area contributed by atoms with Crippen molar-refractivity contribution < 1.29 is 4.42 Å². The summed E-state index contributed by atoms with van der Waals surface area (Å²) in [5.41, 5.74) is 2.25. The number of halogens is 1. The van der Waals surface area contributed by atoms with Gasteiger partial charge < -0.3 is 14.6 Å². The molecule has 0 saturated heterocycles. The molecular weight excluding hydrogens is 248 g/mol. The predicted molar refractivity (Wildman–Crippen MR) is 75.0 cm³/mol. The van der Waals surface area contributed by atoms with Crippen molar-refractivity contribution in [2.45, 2.75) is 6.54 Å². The van der Waals surface area contributed by atoms with Crippen LogP contribution in [0.5, 0.6) is 0 Å². The number of likely N-dealkylation sites (N-methyl/N-ethyl adjacent to an activating group) is 1. The van der Waals surface area contributed by atoms with Crippen molar-refractivity contribution in [3.63, 3.8) is 0 Å². The Morgan fingerprint density at radius 2 is 2.22 bits per heavy atom. The van der Waals surface area contributed by atoms with Gasteiger partial charge in [0.25, 0.3) is 0 Å². The van der Waals surface area contributed by atoms with Gasteiger partial charge in [-0.05, 0) is 31.3 Å². The molecule has 0 aliphatic heterocycles. The molecule has 1 N–H and O–H groups in total. The first-order valence-corrected chi connectivity index (χ1v) is 6.31. The molecule has 4 heteroatoms. The summed E-state index contributed by atoms with van der Waals surface area (Å²) in [4.78, 5) is 2.24. The minimum atomic E-state index is 0.756. The molecule has 1 aromatic carbocycles. The largest absolute Gasteiger partial charge is 0.472 e. The highest BCUT2D eigenvalue weighted by atomic mass is 35.5. The molecule has 2 rings (SSSR count). The molecule has 1 aromatic heterocycles. The molecule has 0 saturated carbocycles. The van der Waals surface area contributed by atoms with Crippen molar-refractivity contribution >= 4 is 17.3 Å². The van der Waals surface area contributed by atoms with Crippen LogP contribution >= 0.6 is 11.6 Å². The molecule has 2 aromatic rings. The van der Waals surface area contributed by atoms with Gasteiger partial charge in [-0.25, -0.2) is 0 Å². The number of nitrogens with zero attached hydrogens (tertiary/aromatic N) is 1. The van der Waals surface area contributed by atoms with Crippen molar-refractivity contribution in [1.29, 1.82) is 0 Å². The summed E-state index contributed by atoms with van der Waals surface area (Å²) >= 11 is 5.92. The van der Waals surface area contributed by atoms with Crippen LogP contribution in [-0.2, 0) is 6.54 Å². The highest BCUT2D eigenvalue weighted by Crippen LogP contribution is 2.14. The highest BCUT2D eigenvalue weighted by molar-refractivity contribution is 6.30. The van der Waals surface area contributed by atoms with E-state index in [1.165, 1.54) is 5.56 Å². The van der Waals surface area contributed by atoms with E-state index in [2.05, 4.69) is 17.3 Å². The van der Waals surface area contributed by atoms with Crippen LogP contribution in [0.3, 0.4) is 0 Å². The molecule has 0 amide bonds. The minimum absolute atomic E-state index is 0.756. The fraction of sp³-hybridized carbons (Fsp3) is 0.286. The number of furan rings is 1. The van der Waals surface area contributed by atoms with Gasteiger partial charge in [0.15, 0.2) is 0 Å². The van der Waals surface area contributed by atoms with E-state index in [0.29, 0.717) is 0 Å². The molecule has 0 fully saturated rings. The number of benzene rings is 1. The maximum absolute atomic E-state index is 5.92. The van der Waals surface area contributed by atoms with Crippen molar-refractivity contribution in [2.75, 3.05) is 25.5 Å². The molecule has 0 aliphatic rings. The third-order valence-electron chi connectivity index (χ3n) is 2.68. The molecule has 0 aliphatic carbocycles. The monoisotopic (exact) mass is 264 g/mol. The molecule has 0 radical (unpaired) electrons. The lowest BCUT2D eigenvalue weighted by Crippen LogP contribution is -2.24. The average Bonchev–Trinajstić information content (AvgIpc) is 2.82. The van der Waals surface area contributed by atoms with Crippen LogP contribution in [0.1, 0.15) is 5.56 Å². The zero-order valence-corrected chi connectivity index (χ0v) is 11.2. The van der Waals surface area contributed by atoms with E-state index < -0.39 is 0 Å². The first-order valence-electron chi connectivity index (χ1n) is 5.93. The van der Waals surface area contributed by atoms with Gasteiger partial charge in [0.1, 0.15) is 0 Å². The Kier molecular flexibility index (Phi) is 4.67. The molecule has 18 heavy (non-hydrogen) atoms. The lowest BCUT2D eigenvalue weighted by molar-refractivity contribution is 0.338. The SMILES string of the molecule is CN(CCNc1cccc(Cl)c1)Cc1ccoc1. The highest BCUT2D eigenvalue weighted by Gasteiger charge is 2.01. The van der Waals surface area contributed by atoms with Gasteiger partial charge in [-0.1, -0.05) is 17.7 Å². The van der Waals surface area contributed by atoms with Crippen LogP contribution in [0.25, 0.3) is 0 Å². The van der Waals surface area contributed by atoms with Crippen molar-refractivity contribution in [2.24, 2.45) is 0 Å². The Balaban J connectivity index is 1.72. The summed E-state index contributed by atoms with van der Waals surface area (Å²) in [7, 11) is 2.09. The summed E-state index contributed by atoms with van der Waals surface area (Å²) in [5, 5.41) is 4.10. The Morgan fingerprint density at radius 3 is 2.94 bits per heavy atom. The maximum atomic E-state index is 5.92. The number of hydrogen-bond acceptors (Lipinski definition) is 3. The first kappa shape index (κ1) is 13.0. The summed E-state index contributed by atoms with van der Waals surface area (Å²) in [6, 6.07) is 9.75. The Hall–Kier alpha value is -1.45. The zero-order chi connectivity index (χ0) is 12.8. The fourth-order valence-corrected chi connectivity index (χ4v) is 1.95. The van der Waals surface area contributed by atoms with Crippen LogP contribution in [0.2, 0.25) is 5.02 Å². The van der Waals surface area contributed by atoms with Crippen LogP contribution in [0, 0.1) is 0 Å². The minimum Gasteiger partial charge on any atom is -0.472 e. The second kappa shape index (κ2) is 6.47. The molecule has 3 nitrogen and oxygen atoms in total. The van der Waals surface area contributed by atoms with Crippen molar-refractivity contribution in [3.8, 4) is 0 Å². The summed E-state index contributed by atoms with van der Waals surface area (Å²) in [6.45, 7) is 2.74. The molecule has 0 spiro atoms. The van der Waals surface area contributed by atoms with Gasteiger partial charge in [0.05, 0.1) is 12.5 Å². The summed E-state index contributed by atoms with van der Waals surface area (Å²) in [6.07, 6.45) is 3.48. The van der Waals surface area contributed by atoms with Gasteiger partial charge in [-0.2, -0.15) is 0 Å². The van der Waals surface area contributed by atoms with E-state index in [4.69, 9.17) is 16.0 Å². The van der Waals surface area contributed by atoms with Crippen LogP contribution in [0.4, 0.5) is 5.69 Å².